The molecule has 0 aliphatic carbocycles. The first-order chi connectivity index (χ1) is 11.9. The molecular weight excluding hydrogens is 351 g/mol. The minimum atomic E-state index is -4.53. The number of hydrogen-bond acceptors (Lipinski definition) is 4. The quantitative estimate of drug-likeness (QED) is 0.757. The van der Waals surface area contributed by atoms with Crippen molar-refractivity contribution in [3.63, 3.8) is 0 Å². The Hall–Kier alpha value is -2.74. The van der Waals surface area contributed by atoms with E-state index in [1.54, 1.807) is 23.7 Å². The highest BCUT2D eigenvalue weighted by Gasteiger charge is 2.32. The molecule has 128 valence electrons. The molecule has 8 heteroatoms. The van der Waals surface area contributed by atoms with Gasteiger partial charge in [-0.05, 0) is 46.2 Å². The summed E-state index contributed by atoms with van der Waals surface area (Å²) in [6.07, 6.45) is -0.255. The van der Waals surface area contributed by atoms with Gasteiger partial charge in [0.1, 0.15) is 5.69 Å². The lowest BCUT2D eigenvalue weighted by Crippen LogP contribution is -2.23. The monoisotopic (exact) mass is 363 g/mol. The van der Waals surface area contributed by atoms with Crippen LogP contribution in [0.15, 0.2) is 53.6 Å². The van der Waals surface area contributed by atoms with Crippen LogP contribution in [-0.4, -0.2) is 15.9 Å². The van der Waals surface area contributed by atoms with Crippen LogP contribution in [0, 0.1) is 0 Å². The highest BCUT2D eigenvalue weighted by molar-refractivity contribution is 7.08. The standard InChI is InChI=1S/C17H12F3N3OS/c18-17(19,20)15-2-1-12(9-22-15)16(24)23-7-11-5-14(8-21-6-11)13-3-4-25-10-13/h1-6,8-10H,7H2,(H,23,24). The van der Waals surface area contributed by atoms with E-state index in [1.807, 2.05) is 22.9 Å². The summed E-state index contributed by atoms with van der Waals surface area (Å²) < 4.78 is 37.4. The van der Waals surface area contributed by atoms with E-state index in [-0.39, 0.29) is 12.1 Å². The van der Waals surface area contributed by atoms with Gasteiger partial charge in [0.2, 0.25) is 0 Å². The van der Waals surface area contributed by atoms with E-state index in [2.05, 4.69) is 15.3 Å². The first kappa shape index (κ1) is 17.1. The summed E-state index contributed by atoms with van der Waals surface area (Å²) in [6, 6.07) is 5.76. The second kappa shape index (κ2) is 7.02. The van der Waals surface area contributed by atoms with Gasteiger partial charge in [-0.2, -0.15) is 24.5 Å². The van der Waals surface area contributed by atoms with Crippen molar-refractivity contribution in [3.8, 4) is 11.1 Å². The number of halogens is 3. The van der Waals surface area contributed by atoms with Crippen LogP contribution in [0.1, 0.15) is 21.6 Å². The van der Waals surface area contributed by atoms with Crippen molar-refractivity contribution >= 4 is 17.2 Å². The summed E-state index contributed by atoms with van der Waals surface area (Å²) >= 11 is 1.57. The average Bonchev–Trinajstić information content (AvgIpc) is 3.14. The van der Waals surface area contributed by atoms with Gasteiger partial charge in [0.05, 0.1) is 5.56 Å². The van der Waals surface area contributed by atoms with E-state index in [4.69, 9.17) is 0 Å². The van der Waals surface area contributed by atoms with Gasteiger partial charge >= 0.3 is 6.18 Å². The molecule has 3 aromatic rings. The molecule has 25 heavy (non-hydrogen) atoms. The Morgan fingerprint density at radius 2 is 1.96 bits per heavy atom. The molecule has 0 spiro atoms. The van der Waals surface area contributed by atoms with Crippen LogP contribution in [0.4, 0.5) is 13.2 Å². The minimum Gasteiger partial charge on any atom is -0.348 e. The molecule has 3 rings (SSSR count). The molecule has 0 radical (unpaired) electrons. The molecule has 0 bridgehead atoms. The lowest BCUT2D eigenvalue weighted by atomic mass is 10.1. The number of carbonyl (C=O) groups is 1. The third kappa shape index (κ3) is 4.21. The number of hydrogen-bond donors (Lipinski definition) is 1. The Labute approximate surface area is 145 Å². The zero-order valence-electron chi connectivity index (χ0n) is 12.7. The minimum absolute atomic E-state index is 0.0648. The van der Waals surface area contributed by atoms with Crippen molar-refractivity contribution in [3.05, 3.63) is 70.4 Å². The molecule has 0 saturated heterocycles. The molecule has 1 N–H and O–H groups in total. The molecule has 4 nitrogen and oxygen atoms in total. The maximum Gasteiger partial charge on any atom is 0.433 e. The Morgan fingerprint density at radius 3 is 2.60 bits per heavy atom. The SMILES string of the molecule is O=C(NCc1cncc(-c2ccsc2)c1)c1ccc(C(F)(F)F)nc1. The molecule has 1 amide bonds. The van der Waals surface area contributed by atoms with Gasteiger partial charge in [-0.3, -0.25) is 14.8 Å². The fourth-order valence-corrected chi connectivity index (χ4v) is 2.82. The van der Waals surface area contributed by atoms with E-state index in [9.17, 15) is 18.0 Å². The summed E-state index contributed by atoms with van der Waals surface area (Å²) in [5.41, 5.74) is 1.80. The Balaban J connectivity index is 1.65. The van der Waals surface area contributed by atoms with Crippen molar-refractivity contribution < 1.29 is 18.0 Å². The summed E-state index contributed by atoms with van der Waals surface area (Å²) in [7, 11) is 0. The Kier molecular flexibility index (Phi) is 4.80. The molecule has 0 aromatic carbocycles. The molecule has 0 atom stereocenters. The predicted octanol–water partition coefficient (Wildman–Crippen LogP) is 4.15. The van der Waals surface area contributed by atoms with Gasteiger partial charge in [0.15, 0.2) is 0 Å². The maximum absolute atomic E-state index is 12.5. The van der Waals surface area contributed by atoms with Crippen LogP contribution in [0.25, 0.3) is 11.1 Å². The molecule has 3 aromatic heterocycles. The van der Waals surface area contributed by atoms with Gasteiger partial charge in [0.25, 0.3) is 5.91 Å². The molecule has 0 unspecified atom stereocenters. The van der Waals surface area contributed by atoms with Gasteiger partial charge in [-0.25, -0.2) is 0 Å². The van der Waals surface area contributed by atoms with Crippen LogP contribution in [-0.2, 0) is 12.7 Å². The van der Waals surface area contributed by atoms with E-state index >= 15 is 0 Å². The number of thiophene rings is 1. The van der Waals surface area contributed by atoms with E-state index < -0.39 is 17.8 Å². The number of amides is 1. The number of nitrogens with zero attached hydrogens (tertiary/aromatic N) is 2. The normalized spacial score (nSPS) is 11.3. The van der Waals surface area contributed by atoms with Gasteiger partial charge in [0, 0.05) is 30.7 Å². The molecule has 0 saturated carbocycles. The van der Waals surface area contributed by atoms with Crippen molar-refractivity contribution in [1.82, 2.24) is 15.3 Å². The van der Waals surface area contributed by atoms with Gasteiger partial charge in [-0.1, -0.05) is 0 Å². The van der Waals surface area contributed by atoms with E-state index in [0.717, 1.165) is 35.0 Å². The number of alkyl halides is 3. The number of nitrogens with one attached hydrogen (secondary N) is 1. The van der Waals surface area contributed by atoms with Gasteiger partial charge < -0.3 is 5.32 Å². The highest BCUT2D eigenvalue weighted by atomic mass is 32.1. The summed E-state index contributed by atoms with van der Waals surface area (Å²) in [5, 5.41) is 6.60. The summed E-state index contributed by atoms with van der Waals surface area (Å²) in [6.45, 7) is 0.213. The van der Waals surface area contributed by atoms with Crippen LogP contribution < -0.4 is 5.32 Å². The molecule has 0 fully saturated rings. The Bertz CT molecular complexity index is 862. The lowest BCUT2D eigenvalue weighted by molar-refractivity contribution is -0.141. The van der Waals surface area contributed by atoms with Crippen molar-refractivity contribution in [2.75, 3.05) is 0 Å². The van der Waals surface area contributed by atoms with Crippen molar-refractivity contribution in [2.45, 2.75) is 12.7 Å². The smallest absolute Gasteiger partial charge is 0.348 e. The zero-order valence-corrected chi connectivity index (χ0v) is 13.6. The number of aromatic nitrogens is 2. The topological polar surface area (TPSA) is 54.9 Å². The average molecular weight is 363 g/mol. The summed E-state index contributed by atoms with van der Waals surface area (Å²) in [4.78, 5) is 19.5. The maximum atomic E-state index is 12.5. The summed E-state index contributed by atoms with van der Waals surface area (Å²) in [5.74, 6) is -0.498. The van der Waals surface area contributed by atoms with Crippen molar-refractivity contribution in [2.24, 2.45) is 0 Å². The fraction of sp³-hybridized carbons (Fsp3) is 0.118. The highest BCUT2D eigenvalue weighted by Crippen LogP contribution is 2.27. The molecule has 3 heterocycles. The number of pyridine rings is 2. The largest absolute Gasteiger partial charge is 0.433 e. The van der Waals surface area contributed by atoms with Crippen LogP contribution in [0.5, 0.6) is 0 Å². The van der Waals surface area contributed by atoms with Crippen LogP contribution >= 0.6 is 11.3 Å². The zero-order chi connectivity index (χ0) is 17.9. The predicted molar refractivity (Wildman–Crippen MR) is 88.0 cm³/mol. The van der Waals surface area contributed by atoms with Crippen LogP contribution in [0.2, 0.25) is 0 Å². The van der Waals surface area contributed by atoms with Crippen LogP contribution in [0.3, 0.4) is 0 Å². The number of carbonyl (C=O) groups excluding carboxylic acids is 1. The van der Waals surface area contributed by atoms with E-state index in [0.29, 0.717) is 0 Å². The van der Waals surface area contributed by atoms with E-state index in [1.165, 1.54) is 0 Å². The Morgan fingerprint density at radius 1 is 1.12 bits per heavy atom. The fourth-order valence-electron chi connectivity index (χ4n) is 2.15. The molecule has 0 aliphatic rings. The first-order valence-electron chi connectivity index (χ1n) is 7.21. The third-order valence-electron chi connectivity index (χ3n) is 3.42. The molecular formula is C17H12F3N3OS. The molecule has 0 aliphatic heterocycles. The van der Waals surface area contributed by atoms with Gasteiger partial charge in [-0.15, -0.1) is 0 Å². The van der Waals surface area contributed by atoms with Crippen molar-refractivity contribution in [1.29, 1.82) is 0 Å². The first-order valence-corrected chi connectivity index (χ1v) is 8.16. The number of rotatable bonds is 4. The second-order valence-corrected chi connectivity index (χ2v) is 5.99. The third-order valence-corrected chi connectivity index (χ3v) is 4.10. The lowest BCUT2D eigenvalue weighted by Gasteiger charge is -2.08. The second-order valence-electron chi connectivity index (χ2n) is 5.21.